The highest BCUT2D eigenvalue weighted by molar-refractivity contribution is 5.92. The fraction of sp³-hybridized carbons (Fsp3) is 0.300. The average molecular weight is 356 g/mol. The summed E-state index contributed by atoms with van der Waals surface area (Å²) >= 11 is 0. The lowest BCUT2D eigenvalue weighted by Crippen LogP contribution is -2.25. The van der Waals surface area contributed by atoms with Crippen molar-refractivity contribution < 1.29 is 19.1 Å². The van der Waals surface area contributed by atoms with Crippen molar-refractivity contribution in [3.8, 4) is 5.75 Å². The monoisotopic (exact) mass is 356 g/mol. The molecule has 0 heterocycles. The van der Waals surface area contributed by atoms with E-state index in [1.54, 1.807) is 31.3 Å². The zero-order valence-electron chi connectivity index (χ0n) is 15.5. The number of benzene rings is 2. The molecule has 0 saturated carbocycles. The molecule has 2 amide bonds. The Morgan fingerprint density at radius 2 is 1.65 bits per heavy atom. The first-order valence-electron chi connectivity index (χ1n) is 8.33. The third-order valence-electron chi connectivity index (χ3n) is 3.97. The van der Waals surface area contributed by atoms with Gasteiger partial charge in [0, 0.05) is 18.4 Å². The van der Waals surface area contributed by atoms with Gasteiger partial charge in [0.15, 0.2) is 0 Å². The Labute approximate surface area is 153 Å². The van der Waals surface area contributed by atoms with Crippen LogP contribution in [0.2, 0.25) is 0 Å². The van der Waals surface area contributed by atoms with Crippen molar-refractivity contribution in [2.75, 3.05) is 31.0 Å². The molecule has 6 heteroatoms. The molecule has 0 fully saturated rings. The number of hydrogen-bond donors (Lipinski definition) is 1. The predicted octanol–water partition coefficient (Wildman–Crippen LogP) is 3.91. The Morgan fingerprint density at radius 3 is 2.23 bits per heavy atom. The van der Waals surface area contributed by atoms with Gasteiger partial charge < -0.3 is 14.8 Å². The van der Waals surface area contributed by atoms with Crippen LogP contribution < -0.4 is 15.0 Å². The minimum atomic E-state index is -0.453. The van der Waals surface area contributed by atoms with E-state index < -0.39 is 6.09 Å². The van der Waals surface area contributed by atoms with Crippen molar-refractivity contribution in [1.82, 2.24) is 0 Å². The molecule has 0 aliphatic rings. The number of nitrogens with zero attached hydrogens (tertiary/aromatic N) is 1. The number of carbonyl (C=O) groups excluding carboxylic acids is 2. The minimum Gasteiger partial charge on any atom is -0.493 e. The summed E-state index contributed by atoms with van der Waals surface area (Å²) in [6.45, 7) is 4.27. The number of nitrogens with one attached hydrogen (secondary N) is 1. The van der Waals surface area contributed by atoms with Gasteiger partial charge in [0.1, 0.15) is 5.75 Å². The van der Waals surface area contributed by atoms with Crippen LogP contribution in [0.15, 0.2) is 42.5 Å². The molecule has 0 aromatic heterocycles. The highest BCUT2D eigenvalue weighted by atomic mass is 16.5. The van der Waals surface area contributed by atoms with Crippen molar-refractivity contribution in [2.24, 2.45) is 0 Å². The Kier molecular flexibility index (Phi) is 6.60. The number of ether oxygens (including phenoxy) is 2. The number of rotatable bonds is 6. The van der Waals surface area contributed by atoms with Gasteiger partial charge in [0.05, 0.1) is 20.1 Å². The number of aryl methyl sites for hydroxylation is 2. The van der Waals surface area contributed by atoms with Gasteiger partial charge in [-0.15, -0.1) is 0 Å². The van der Waals surface area contributed by atoms with Crippen LogP contribution >= 0.6 is 0 Å². The molecule has 0 saturated heterocycles. The summed E-state index contributed by atoms with van der Waals surface area (Å²) in [4.78, 5) is 24.9. The second-order valence-corrected chi connectivity index (χ2v) is 5.94. The number of methoxy groups -OCH3 is 1. The molecule has 26 heavy (non-hydrogen) atoms. The van der Waals surface area contributed by atoms with Crippen molar-refractivity contribution in [3.63, 3.8) is 0 Å². The van der Waals surface area contributed by atoms with E-state index >= 15 is 0 Å². The zero-order chi connectivity index (χ0) is 19.1. The van der Waals surface area contributed by atoms with Crippen molar-refractivity contribution in [3.05, 3.63) is 53.6 Å². The molecule has 0 aliphatic carbocycles. The van der Waals surface area contributed by atoms with Crippen LogP contribution in [0, 0.1) is 13.8 Å². The smallest absolute Gasteiger partial charge is 0.413 e. The van der Waals surface area contributed by atoms with Crippen LogP contribution in [0.4, 0.5) is 16.2 Å². The SMILES string of the molecule is COC(=O)N(C)c1ccc(NC(=O)CCOc2c(C)cccc2C)cc1. The zero-order valence-corrected chi connectivity index (χ0v) is 15.5. The van der Waals surface area contributed by atoms with Crippen molar-refractivity contribution in [1.29, 1.82) is 0 Å². The van der Waals surface area contributed by atoms with E-state index in [1.165, 1.54) is 12.0 Å². The van der Waals surface area contributed by atoms with E-state index in [2.05, 4.69) is 10.1 Å². The highest BCUT2D eigenvalue weighted by Gasteiger charge is 2.11. The van der Waals surface area contributed by atoms with Crippen molar-refractivity contribution in [2.45, 2.75) is 20.3 Å². The maximum absolute atomic E-state index is 12.1. The second kappa shape index (κ2) is 8.89. The predicted molar refractivity (Wildman–Crippen MR) is 102 cm³/mol. The van der Waals surface area contributed by atoms with E-state index in [-0.39, 0.29) is 12.3 Å². The molecular formula is C20H24N2O4. The molecule has 0 spiro atoms. The first-order valence-corrected chi connectivity index (χ1v) is 8.33. The summed E-state index contributed by atoms with van der Waals surface area (Å²) in [7, 11) is 2.94. The summed E-state index contributed by atoms with van der Waals surface area (Å²) in [5.74, 6) is 0.695. The lowest BCUT2D eigenvalue weighted by atomic mass is 10.1. The number of amides is 2. The third-order valence-corrected chi connectivity index (χ3v) is 3.97. The Morgan fingerprint density at radius 1 is 1.04 bits per heavy atom. The fourth-order valence-electron chi connectivity index (χ4n) is 2.51. The largest absolute Gasteiger partial charge is 0.493 e. The number of para-hydroxylation sites is 1. The van der Waals surface area contributed by atoms with Gasteiger partial charge in [-0.3, -0.25) is 9.69 Å². The molecule has 0 unspecified atom stereocenters. The molecule has 2 aromatic rings. The molecule has 0 bridgehead atoms. The molecular weight excluding hydrogens is 332 g/mol. The Bertz CT molecular complexity index is 752. The van der Waals surface area contributed by atoms with Crippen LogP contribution in [0.5, 0.6) is 5.75 Å². The summed E-state index contributed by atoms with van der Waals surface area (Å²) in [6, 6.07) is 12.9. The minimum absolute atomic E-state index is 0.134. The number of hydrogen-bond acceptors (Lipinski definition) is 4. The molecule has 138 valence electrons. The van der Waals surface area contributed by atoms with E-state index in [4.69, 9.17) is 4.74 Å². The summed E-state index contributed by atoms with van der Waals surface area (Å²) in [5.41, 5.74) is 3.43. The molecule has 0 aliphatic heterocycles. The maximum Gasteiger partial charge on any atom is 0.413 e. The van der Waals surface area contributed by atoms with Crippen LogP contribution in [-0.2, 0) is 9.53 Å². The van der Waals surface area contributed by atoms with E-state index in [1.807, 2.05) is 32.0 Å². The van der Waals surface area contributed by atoms with Gasteiger partial charge in [0.2, 0.25) is 5.91 Å². The van der Waals surface area contributed by atoms with Gasteiger partial charge in [-0.25, -0.2) is 4.79 Å². The van der Waals surface area contributed by atoms with Crippen LogP contribution in [0.1, 0.15) is 17.5 Å². The van der Waals surface area contributed by atoms with Gasteiger partial charge in [-0.2, -0.15) is 0 Å². The summed E-state index contributed by atoms with van der Waals surface area (Å²) in [5, 5.41) is 2.81. The van der Waals surface area contributed by atoms with E-state index in [0.717, 1.165) is 16.9 Å². The van der Waals surface area contributed by atoms with Gasteiger partial charge in [-0.05, 0) is 49.2 Å². The topological polar surface area (TPSA) is 67.9 Å². The summed E-state index contributed by atoms with van der Waals surface area (Å²) < 4.78 is 10.4. The van der Waals surface area contributed by atoms with Gasteiger partial charge in [0.25, 0.3) is 0 Å². The Hall–Kier alpha value is -3.02. The average Bonchev–Trinajstić information content (AvgIpc) is 2.63. The normalized spacial score (nSPS) is 10.2. The molecule has 2 rings (SSSR count). The molecule has 0 atom stereocenters. The number of anilines is 2. The van der Waals surface area contributed by atoms with E-state index in [9.17, 15) is 9.59 Å². The van der Waals surface area contributed by atoms with Gasteiger partial charge in [-0.1, -0.05) is 18.2 Å². The molecule has 2 aromatic carbocycles. The number of carbonyl (C=O) groups is 2. The van der Waals surface area contributed by atoms with Crippen LogP contribution in [0.3, 0.4) is 0 Å². The lowest BCUT2D eigenvalue weighted by molar-refractivity contribution is -0.116. The molecule has 0 radical (unpaired) electrons. The van der Waals surface area contributed by atoms with Crippen LogP contribution in [-0.4, -0.2) is 32.8 Å². The fourth-order valence-corrected chi connectivity index (χ4v) is 2.51. The maximum atomic E-state index is 12.1. The van der Waals surface area contributed by atoms with E-state index in [0.29, 0.717) is 18.0 Å². The Balaban J connectivity index is 1.85. The standard InChI is InChI=1S/C20H24N2O4/c1-14-6-5-7-15(2)19(14)26-13-12-18(23)21-16-8-10-17(11-9-16)22(3)20(24)25-4/h5-11H,12-13H2,1-4H3,(H,21,23). The quantitative estimate of drug-likeness (QED) is 0.852. The van der Waals surface area contributed by atoms with Gasteiger partial charge >= 0.3 is 6.09 Å². The molecule has 1 N–H and O–H groups in total. The first kappa shape index (κ1) is 19.3. The second-order valence-electron chi connectivity index (χ2n) is 5.94. The summed E-state index contributed by atoms with van der Waals surface area (Å²) in [6.07, 6.45) is -0.206. The first-order chi connectivity index (χ1) is 12.4. The van der Waals surface area contributed by atoms with Crippen LogP contribution in [0.25, 0.3) is 0 Å². The van der Waals surface area contributed by atoms with Crippen molar-refractivity contribution >= 4 is 23.4 Å². The molecule has 6 nitrogen and oxygen atoms in total. The third kappa shape index (κ3) is 4.99. The highest BCUT2D eigenvalue weighted by Crippen LogP contribution is 2.22. The lowest BCUT2D eigenvalue weighted by Gasteiger charge is -2.16.